The van der Waals surface area contributed by atoms with Crippen molar-refractivity contribution in [3.8, 4) is 0 Å². The molecule has 8 nitrogen and oxygen atoms in total. The molecule has 8 heteroatoms. The van der Waals surface area contributed by atoms with Crippen molar-refractivity contribution in [2.75, 3.05) is 31.5 Å². The molecule has 2 N–H and O–H groups in total. The number of aromatic nitrogens is 1. The van der Waals surface area contributed by atoms with Crippen molar-refractivity contribution in [3.05, 3.63) is 11.8 Å². The van der Waals surface area contributed by atoms with Gasteiger partial charge in [0.2, 0.25) is 0 Å². The Morgan fingerprint density at radius 3 is 2.25 bits per heavy atom. The van der Waals surface area contributed by atoms with Gasteiger partial charge in [-0.3, -0.25) is 5.32 Å². The molecule has 1 aliphatic heterocycles. The van der Waals surface area contributed by atoms with Crippen molar-refractivity contribution >= 4 is 17.9 Å². The Morgan fingerprint density at radius 2 is 1.64 bits per heavy atom. The Balaban J connectivity index is 1.49. The summed E-state index contributed by atoms with van der Waals surface area (Å²) in [6, 6.07) is 1.86. The fourth-order valence-corrected chi connectivity index (χ4v) is 3.71. The number of nitrogens with one attached hydrogen (secondary N) is 2. The fraction of sp³-hybridized carbons (Fsp3) is 0.750. The molecule has 1 aromatic heterocycles. The van der Waals surface area contributed by atoms with E-state index in [0.717, 1.165) is 25.0 Å². The highest BCUT2D eigenvalue weighted by atomic mass is 16.5. The smallest absolute Gasteiger partial charge is 0.323 e. The summed E-state index contributed by atoms with van der Waals surface area (Å²) in [6.45, 7) is 8.41. The molecule has 0 atom stereocenters. The molecule has 2 aliphatic rings. The van der Waals surface area contributed by atoms with Gasteiger partial charge in [-0.1, -0.05) is 45.2 Å². The Morgan fingerprint density at radius 1 is 1.00 bits per heavy atom. The van der Waals surface area contributed by atoms with Gasteiger partial charge in [-0.25, -0.2) is 9.59 Å². The van der Waals surface area contributed by atoms with E-state index >= 15 is 0 Å². The van der Waals surface area contributed by atoms with Crippen LogP contribution in [-0.4, -0.2) is 59.2 Å². The van der Waals surface area contributed by atoms with Gasteiger partial charge in [0.1, 0.15) is 5.76 Å². The van der Waals surface area contributed by atoms with Crippen LogP contribution >= 0.6 is 0 Å². The maximum atomic E-state index is 12.6. The monoisotopic (exact) mass is 391 g/mol. The van der Waals surface area contributed by atoms with Crippen LogP contribution in [0, 0.1) is 0 Å². The maximum absolute atomic E-state index is 12.6. The number of rotatable bonds is 2. The van der Waals surface area contributed by atoms with Crippen molar-refractivity contribution in [1.29, 1.82) is 0 Å². The van der Waals surface area contributed by atoms with Gasteiger partial charge in [-0.05, 0) is 19.3 Å². The summed E-state index contributed by atoms with van der Waals surface area (Å²) in [5, 5.41) is 9.91. The van der Waals surface area contributed by atoms with E-state index in [1.54, 1.807) is 11.0 Å². The van der Waals surface area contributed by atoms with E-state index in [1.807, 2.05) is 25.7 Å². The van der Waals surface area contributed by atoms with Crippen LogP contribution in [0.15, 0.2) is 10.6 Å². The van der Waals surface area contributed by atoms with Gasteiger partial charge in [-0.2, -0.15) is 0 Å². The highest BCUT2D eigenvalue weighted by molar-refractivity contribution is 5.88. The van der Waals surface area contributed by atoms with Crippen LogP contribution in [0.4, 0.5) is 15.4 Å². The minimum atomic E-state index is -0.205. The van der Waals surface area contributed by atoms with E-state index in [1.165, 1.54) is 19.3 Å². The third-order valence-corrected chi connectivity index (χ3v) is 5.49. The molecule has 2 fully saturated rings. The van der Waals surface area contributed by atoms with E-state index in [4.69, 9.17) is 4.52 Å². The number of carbonyl (C=O) groups excluding carboxylic acids is 2. The average Bonchev–Trinajstić information content (AvgIpc) is 2.98. The summed E-state index contributed by atoms with van der Waals surface area (Å²) in [6.07, 6.45) is 6.56. The molecule has 0 spiro atoms. The zero-order chi connectivity index (χ0) is 20.1. The van der Waals surface area contributed by atoms with Crippen LogP contribution in [-0.2, 0) is 5.41 Å². The van der Waals surface area contributed by atoms with Gasteiger partial charge in [-0.15, -0.1) is 0 Å². The first kappa shape index (κ1) is 20.5. The van der Waals surface area contributed by atoms with Crippen LogP contribution in [0.5, 0.6) is 0 Å². The molecule has 0 radical (unpaired) electrons. The van der Waals surface area contributed by atoms with E-state index in [0.29, 0.717) is 38.0 Å². The number of anilines is 1. The molecule has 156 valence electrons. The lowest BCUT2D eigenvalue weighted by Crippen LogP contribution is -2.47. The molecule has 2 heterocycles. The largest absolute Gasteiger partial charge is 0.359 e. The summed E-state index contributed by atoms with van der Waals surface area (Å²) < 4.78 is 5.32. The third kappa shape index (κ3) is 5.39. The number of nitrogens with zero attached hydrogens (tertiary/aromatic N) is 3. The second-order valence-electron chi connectivity index (χ2n) is 8.87. The summed E-state index contributed by atoms with van der Waals surface area (Å²) >= 11 is 0. The fourth-order valence-electron chi connectivity index (χ4n) is 3.71. The Kier molecular flexibility index (Phi) is 6.46. The number of amides is 4. The number of carbonyl (C=O) groups is 2. The van der Waals surface area contributed by atoms with Gasteiger partial charge in [0.15, 0.2) is 5.82 Å². The van der Waals surface area contributed by atoms with Gasteiger partial charge < -0.3 is 19.6 Å². The zero-order valence-corrected chi connectivity index (χ0v) is 17.3. The maximum Gasteiger partial charge on any atom is 0.323 e. The van der Waals surface area contributed by atoms with Gasteiger partial charge in [0.05, 0.1) is 0 Å². The average molecular weight is 392 g/mol. The normalized spacial score (nSPS) is 19.2. The molecule has 1 saturated carbocycles. The van der Waals surface area contributed by atoms with E-state index in [-0.39, 0.29) is 17.5 Å². The quantitative estimate of drug-likeness (QED) is 0.806. The van der Waals surface area contributed by atoms with Gasteiger partial charge in [0.25, 0.3) is 0 Å². The molecule has 1 aliphatic carbocycles. The van der Waals surface area contributed by atoms with E-state index in [2.05, 4.69) is 15.8 Å². The number of hydrogen-bond acceptors (Lipinski definition) is 4. The Labute approximate surface area is 167 Å². The number of hydrogen-bond donors (Lipinski definition) is 2. The first-order chi connectivity index (χ1) is 13.3. The predicted octanol–water partition coefficient (Wildman–Crippen LogP) is 3.55. The second kappa shape index (κ2) is 8.84. The lowest BCUT2D eigenvalue weighted by molar-refractivity contribution is 0.189. The first-order valence-corrected chi connectivity index (χ1v) is 10.4. The van der Waals surface area contributed by atoms with Gasteiger partial charge >= 0.3 is 12.1 Å². The predicted molar refractivity (Wildman–Crippen MR) is 107 cm³/mol. The summed E-state index contributed by atoms with van der Waals surface area (Å²) in [4.78, 5) is 28.7. The van der Waals surface area contributed by atoms with Crippen LogP contribution in [0.2, 0.25) is 0 Å². The topological polar surface area (TPSA) is 90.7 Å². The lowest BCUT2D eigenvalue weighted by Gasteiger charge is -2.27. The highest BCUT2D eigenvalue weighted by Crippen LogP contribution is 2.24. The van der Waals surface area contributed by atoms with Gasteiger partial charge in [0, 0.05) is 43.7 Å². The van der Waals surface area contributed by atoms with Crippen molar-refractivity contribution in [1.82, 2.24) is 20.3 Å². The van der Waals surface area contributed by atoms with E-state index in [9.17, 15) is 9.59 Å². The third-order valence-electron chi connectivity index (χ3n) is 5.49. The molecule has 1 saturated heterocycles. The van der Waals surface area contributed by atoms with Crippen molar-refractivity contribution in [2.45, 2.75) is 70.8 Å². The molecule has 4 amide bonds. The molecular formula is C20H33N5O3. The lowest BCUT2D eigenvalue weighted by atomic mass is 9.93. The Bertz CT molecular complexity index is 676. The standard InChI is InChI=1S/C20H33N5O3/c1-20(2,3)16-14-17(23-28-16)22-19(27)25-11-7-10-24(12-13-25)18(26)21-15-8-5-4-6-9-15/h14-15H,4-13H2,1-3H3,(H,21,26)(H,22,23,27). The molecular weight excluding hydrogens is 358 g/mol. The molecule has 1 aromatic rings. The number of urea groups is 2. The molecule has 0 bridgehead atoms. The second-order valence-corrected chi connectivity index (χ2v) is 8.87. The summed E-state index contributed by atoms with van der Waals surface area (Å²) in [5.74, 6) is 1.15. The zero-order valence-electron chi connectivity index (χ0n) is 17.3. The van der Waals surface area contributed by atoms with Crippen molar-refractivity contribution < 1.29 is 14.1 Å². The molecule has 3 rings (SSSR count). The van der Waals surface area contributed by atoms with Crippen LogP contribution < -0.4 is 10.6 Å². The molecule has 0 aromatic carbocycles. The highest BCUT2D eigenvalue weighted by Gasteiger charge is 2.25. The first-order valence-electron chi connectivity index (χ1n) is 10.4. The SMILES string of the molecule is CC(C)(C)c1cc(NC(=O)N2CCCN(C(=O)NC3CCCCC3)CC2)no1. The molecule has 28 heavy (non-hydrogen) atoms. The van der Waals surface area contributed by atoms with Crippen LogP contribution in [0.25, 0.3) is 0 Å². The van der Waals surface area contributed by atoms with Crippen LogP contribution in [0.1, 0.15) is 65.1 Å². The van der Waals surface area contributed by atoms with Crippen LogP contribution in [0.3, 0.4) is 0 Å². The Hall–Kier alpha value is -2.25. The summed E-state index contributed by atoms with van der Waals surface area (Å²) in [7, 11) is 0. The van der Waals surface area contributed by atoms with Crippen molar-refractivity contribution in [3.63, 3.8) is 0 Å². The van der Waals surface area contributed by atoms with E-state index < -0.39 is 0 Å². The summed E-state index contributed by atoms with van der Waals surface area (Å²) in [5.41, 5.74) is -0.162. The van der Waals surface area contributed by atoms with Crippen molar-refractivity contribution in [2.24, 2.45) is 0 Å². The minimum absolute atomic E-state index is 0.000443. The minimum Gasteiger partial charge on any atom is -0.359 e. The molecule has 0 unspecified atom stereocenters.